The first kappa shape index (κ1) is 19.3. The average molecular weight is 392 g/mol. The Kier molecular flexibility index (Phi) is 6.32. The molecule has 0 unspecified atom stereocenters. The highest BCUT2D eigenvalue weighted by atomic mass is 35.5. The molecule has 130 valence electrons. The summed E-state index contributed by atoms with van der Waals surface area (Å²) >= 11 is 17.3. The third-order valence-electron chi connectivity index (χ3n) is 4.08. The van der Waals surface area contributed by atoms with E-state index in [0.717, 1.165) is 0 Å². The number of carbonyl (C=O) groups is 2. The summed E-state index contributed by atoms with van der Waals surface area (Å²) < 4.78 is 4.91. The van der Waals surface area contributed by atoms with Gasteiger partial charge in [0, 0.05) is 17.4 Å². The SMILES string of the molecule is CCOC(=O)[C@H]1C(=O)C[C@@](O)(c2ccc(Cl)cc2)C[C@H]1C=C(Cl)Cl. The Labute approximate surface area is 155 Å². The molecule has 1 N–H and O–H groups in total. The summed E-state index contributed by atoms with van der Waals surface area (Å²) in [6.07, 6.45) is 1.33. The fourth-order valence-electron chi connectivity index (χ4n) is 3.05. The fourth-order valence-corrected chi connectivity index (χ4v) is 3.50. The summed E-state index contributed by atoms with van der Waals surface area (Å²) in [5.74, 6) is -2.72. The van der Waals surface area contributed by atoms with Gasteiger partial charge in [-0.2, -0.15) is 0 Å². The van der Waals surface area contributed by atoms with E-state index >= 15 is 0 Å². The molecule has 0 spiro atoms. The maximum absolute atomic E-state index is 12.6. The zero-order chi connectivity index (χ0) is 17.9. The number of hydrogen-bond donors (Lipinski definition) is 1. The van der Waals surface area contributed by atoms with Crippen molar-refractivity contribution in [2.45, 2.75) is 25.4 Å². The topological polar surface area (TPSA) is 63.6 Å². The van der Waals surface area contributed by atoms with Gasteiger partial charge < -0.3 is 9.84 Å². The van der Waals surface area contributed by atoms with Gasteiger partial charge in [-0.05, 0) is 37.1 Å². The fraction of sp³-hybridized carbons (Fsp3) is 0.412. The standard InChI is InChI=1S/C17H17Cl3O4/c1-2-24-16(22)15-10(7-14(19)20)8-17(23,9-13(15)21)11-3-5-12(18)6-4-11/h3-7,10,15,23H,2,8-9H2,1H3/t10-,15-,17-/m1/s1. The molecule has 0 aromatic heterocycles. The van der Waals surface area contributed by atoms with E-state index in [2.05, 4.69) is 0 Å². The van der Waals surface area contributed by atoms with Crippen LogP contribution in [0.4, 0.5) is 0 Å². The Balaban J connectivity index is 2.37. The van der Waals surface area contributed by atoms with E-state index in [-0.39, 0.29) is 23.9 Å². The van der Waals surface area contributed by atoms with Gasteiger partial charge in [0.2, 0.25) is 0 Å². The smallest absolute Gasteiger partial charge is 0.317 e. The van der Waals surface area contributed by atoms with Crippen LogP contribution in [0.25, 0.3) is 0 Å². The van der Waals surface area contributed by atoms with Gasteiger partial charge in [0.05, 0.1) is 12.2 Å². The predicted molar refractivity (Wildman–Crippen MR) is 93.0 cm³/mol. The molecule has 1 aromatic carbocycles. The first-order valence-electron chi connectivity index (χ1n) is 7.47. The molecular formula is C17H17Cl3O4. The van der Waals surface area contributed by atoms with E-state index in [0.29, 0.717) is 10.6 Å². The van der Waals surface area contributed by atoms with Crippen LogP contribution < -0.4 is 0 Å². The Morgan fingerprint density at radius 3 is 2.54 bits per heavy atom. The number of esters is 1. The minimum atomic E-state index is -1.42. The summed E-state index contributed by atoms with van der Waals surface area (Å²) in [4.78, 5) is 24.7. The first-order chi connectivity index (χ1) is 11.3. The highest BCUT2D eigenvalue weighted by molar-refractivity contribution is 6.55. The third kappa shape index (κ3) is 4.31. The van der Waals surface area contributed by atoms with Gasteiger partial charge in [0.15, 0.2) is 5.78 Å². The average Bonchev–Trinajstić information content (AvgIpc) is 2.46. The number of hydrogen-bond acceptors (Lipinski definition) is 4. The van der Waals surface area contributed by atoms with E-state index < -0.39 is 29.2 Å². The van der Waals surface area contributed by atoms with Crippen molar-refractivity contribution < 1.29 is 19.4 Å². The van der Waals surface area contributed by atoms with Crippen LogP contribution in [0.2, 0.25) is 5.02 Å². The monoisotopic (exact) mass is 390 g/mol. The molecule has 0 radical (unpaired) electrons. The van der Waals surface area contributed by atoms with Gasteiger partial charge >= 0.3 is 5.97 Å². The number of halogens is 3. The van der Waals surface area contributed by atoms with Crippen molar-refractivity contribution in [2.75, 3.05) is 6.61 Å². The lowest BCUT2D eigenvalue weighted by atomic mass is 9.68. The maximum atomic E-state index is 12.6. The minimum Gasteiger partial charge on any atom is -0.465 e. The Morgan fingerprint density at radius 2 is 2.00 bits per heavy atom. The van der Waals surface area contributed by atoms with Crippen molar-refractivity contribution in [2.24, 2.45) is 11.8 Å². The summed E-state index contributed by atoms with van der Waals surface area (Å²) in [5, 5.41) is 11.5. The summed E-state index contributed by atoms with van der Waals surface area (Å²) in [7, 11) is 0. The van der Waals surface area contributed by atoms with E-state index in [4.69, 9.17) is 39.5 Å². The third-order valence-corrected chi connectivity index (χ3v) is 4.58. The Bertz CT molecular complexity index is 652. The Morgan fingerprint density at radius 1 is 1.38 bits per heavy atom. The number of carbonyl (C=O) groups excluding carboxylic acids is 2. The second kappa shape index (κ2) is 7.87. The molecule has 0 saturated heterocycles. The highest BCUT2D eigenvalue weighted by Gasteiger charge is 2.48. The number of rotatable bonds is 4. The first-order valence-corrected chi connectivity index (χ1v) is 8.61. The molecule has 1 aliphatic carbocycles. The molecule has 1 saturated carbocycles. The van der Waals surface area contributed by atoms with Gasteiger partial charge in [0.25, 0.3) is 0 Å². The number of ether oxygens (including phenoxy) is 1. The zero-order valence-electron chi connectivity index (χ0n) is 13.0. The zero-order valence-corrected chi connectivity index (χ0v) is 15.2. The van der Waals surface area contributed by atoms with E-state index in [1.165, 1.54) is 6.08 Å². The van der Waals surface area contributed by atoms with Crippen molar-refractivity contribution in [3.8, 4) is 0 Å². The number of aliphatic hydroxyl groups is 1. The van der Waals surface area contributed by atoms with Crippen LogP contribution in [-0.2, 0) is 19.9 Å². The van der Waals surface area contributed by atoms with Crippen molar-refractivity contribution in [1.82, 2.24) is 0 Å². The molecular weight excluding hydrogens is 375 g/mol. The van der Waals surface area contributed by atoms with Crippen molar-refractivity contribution in [3.63, 3.8) is 0 Å². The minimum absolute atomic E-state index is 0.0672. The molecule has 0 heterocycles. The van der Waals surface area contributed by atoms with Crippen LogP contribution in [0.1, 0.15) is 25.3 Å². The molecule has 2 rings (SSSR count). The summed E-state index contributed by atoms with van der Waals surface area (Å²) in [5.41, 5.74) is -0.874. The van der Waals surface area contributed by atoms with E-state index in [1.807, 2.05) is 0 Å². The van der Waals surface area contributed by atoms with E-state index in [1.54, 1.807) is 31.2 Å². The molecule has 1 fully saturated rings. The molecule has 0 bridgehead atoms. The van der Waals surface area contributed by atoms with Crippen LogP contribution in [-0.4, -0.2) is 23.5 Å². The lowest BCUT2D eigenvalue weighted by Gasteiger charge is -2.38. The highest BCUT2D eigenvalue weighted by Crippen LogP contribution is 2.43. The van der Waals surface area contributed by atoms with Gasteiger partial charge in [-0.15, -0.1) is 0 Å². The molecule has 1 aromatic rings. The normalized spacial score (nSPS) is 26.8. The largest absolute Gasteiger partial charge is 0.465 e. The van der Waals surface area contributed by atoms with Gasteiger partial charge in [-0.25, -0.2) is 0 Å². The second-order valence-electron chi connectivity index (χ2n) is 5.74. The summed E-state index contributed by atoms with van der Waals surface area (Å²) in [6.45, 7) is 1.82. The van der Waals surface area contributed by atoms with Crippen LogP contribution in [0.15, 0.2) is 34.8 Å². The number of Topliss-reactive ketones (excluding diaryl/α,β-unsaturated/α-hetero) is 1. The molecule has 24 heavy (non-hydrogen) atoms. The van der Waals surface area contributed by atoms with Crippen LogP contribution in [0.5, 0.6) is 0 Å². The van der Waals surface area contributed by atoms with Crippen molar-refractivity contribution in [3.05, 3.63) is 45.4 Å². The van der Waals surface area contributed by atoms with Crippen molar-refractivity contribution >= 4 is 46.6 Å². The molecule has 4 nitrogen and oxygen atoms in total. The predicted octanol–water partition coefficient (Wildman–Crippen LogP) is 4.01. The molecule has 0 aliphatic heterocycles. The lowest BCUT2D eigenvalue weighted by molar-refractivity contribution is -0.159. The molecule has 1 aliphatic rings. The molecule has 0 amide bonds. The maximum Gasteiger partial charge on any atom is 0.317 e. The quantitative estimate of drug-likeness (QED) is 0.622. The van der Waals surface area contributed by atoms with Gasteiger partial charge in [-0.1, -0.05) is 46.9 Å². The van der Waals surface area contributed by atoms with Crippen LogP contribution in [0.3, 0.4) is 0 Å². The van der Waals surface area contributed by atoms with Crippen LogP contribution >= 0.6 is 34.8 Å². The summed E-state index contributed by atoms with van der Waals surface area (Å²) in [6, 6.07) is 6.58. The molecule has 7 heteroatoms. The van der Waals surface area contributed by atoms with Crippen molar-refractivity contribution in [1.29, 1.82) is 0 Å². The van der Waals surface area contributed by atoms with Gasteiger partial charge in [-0.3, -0.25) is 9.59 Å². The van der Waals surface area contributed by atoms with Crippen LogP contribution in [0, 0.1) is 11.8 Å². The number of ketones is 1. The number of benzene rings is 1. The Hall–Kier alpha value is -1.07. The second-order valence-corrected chi connectivity index (χ2v) is 7.18. The lowest BCUT2D eigenvalue weighted by Crippen LogP contribution is -2.45. The number of allylic oxidation sites excluding steroid dienone is 1. The van der Waals surface area contributed by atoms with E-state index in [9.17, 15) is 14.7 Å². The van der Waals surface area contributed by atoms with Gasteiger partial charge in [0.1, 0.15) is 10.4 Å². The molecule has 3 atom stereocenters.